The van der Waals surface area contributed by atoms with Crippen molar-refractivity contribution in [3.8, 4) is 11.7 Å². The summed E-state index contributed by atoms with van der Waals surface area (Å²) in [5.74, 6) is 0.0930. The molecule has 0 fully saturated rings. The molecule has 9 heteroatoms. The van der Waals surface area contributed by atoms with E-state index in [0.29, 0.717) is 5.58 Å². The number of halogens is 1. The third kappa shape index (κ3) is 2.27. The number of hydrogen-bond acceptors (Lipinski definition) is 6. The second-order valence-electron chi connectivity index (χ2n) is 3.64. The average molecular weight is 345 g/mol. The van der Waals surface area contributed by atoms with Gasteiger partial charge in [0.25, 0.3) is 5.89 Å². The molecule has 0 unspecified atom stereocenters. The maximum absolute atomic E-state index is 10.8. The van der Waals surface area contributed by atoms with Crippen LogP contribution in [-0.2, 0) is 10.1 Å². The van der Waals surface area contributed by atoms with Crippen LogP contribution in [0.4, 0.5) is 0 Å². The van der Waals surface area contributed by atoms with Gasteiger partial charge in [-0.2, -0.15) is 8.42 Å². The van der Waals surface area contributed by atoms with E-state index in [2.05, 4.69) is 26.1 Å². The van der Waals surface area contributed by atoms with Gasteiger partial charge in [-0.05, 0) is 24.3 Å². The third-order valence-corrected chi connectivity index (χ3v) is 3.42. The van der Waals surface area contributed by atoms with E-state index in [-0.39, 0.29) is 11.7 Å². The molecule has 2 aromatic heterocycles. The van der Waals surface area contributed by atoms with E-state index in [1.54, 1.807) is 18.2 Å². The summed E-state index contributed by atoms with van der Waals surface area (Å²) >= 11 is 3.32. The molecule has 0 saturated heterocycles. The average Bonchev–Trinajstić information content (AvgIpc) is 2.92. The van der Waals surface area contributed by atoms with E-state index in [1.165, 1.54) is 0 Å². The van der Waals surface area contributed by atoms with Crippen molar-refractivity contribution in [2.45, 2.75) is 5.22 Å². The molecule has 7 nitrogen and oxygen atoms in total. The molecule has 0 radical (unpaired) electrons. The number of aromatic nitrogens is 2. The first-order chi connectivity index (χ1) is 8.93. The van der Waals surface area contributed by atoms with Gasteiger partial charge in [-0.1, -0.05) is 21.0 Å². The summed E-state index contributed by atoms with van der Waals surface area (Å²) in [5.41, 5.74) is 0.588. The lowest BCUT2D eigenvalue weighted by Gasteiger charge is -1.88. The van der Waals surface area contributed by atoms with Crippen molar-refractivity contribution in [3.05, 3.63) is 28.7 Å². The summed E-state index contributed by atoms with van der Waals surface area (Å²) < 4.78 is 41.5. The highest BCUT2D eigenvalue weighted by Crippen LogP contribution is 2.29. The largest absolute Gasteiger partial charge is 0.451 e. The van der Waals surface area contributed by atoms with E-state index in [9.17, 15) is 8.42 Å². The standard InChI is InChI=1S/C10H5BrN2O5S/c11-6-1-2-7-5(3-6)4-8(17-7)9-12-13-10(18-9)19(14,15)16/h1-4H,(H,14,15,16). The summed E-state index contributed by atoms with van der Waals surface area (Å²) in [7, 11) is -4.52. The first-order valence-corrected chi connectivity index (χ1v) is 7.17. The third-order valence-electron chi connectivity index (χ3n) is 2.32. The van der Waals surface area contributed by atoms with Crippen LogP contribution >= 0.6 is 15.9 Å². The fourth-order valence-electron chi connectivity index (χ4n) is 1.53. The lowest BCUT2D eigenvalue weighted by Crippen LogP contribution is -1.97. The fraction of sp³-hybridized carbons (Fsp3) is 0. The van der Waals surface area contributed by atoms with Crippen LogP contribution in [0.1, 0.15) is 0 Å². The number of benzene rings is 1. The summed E-state index contributed by atoms with van der Waals surface area (Å²) in [6.07, 6.45) is 0. The summed E-state index contributed by atoms with van der Waals surface area (Å²) in [4.78, 5) is 0. The minimum absolute atomic E-state index is 0.125. The predicted octanol–water partition coefficient (Wildman–Crippen LogP) is 2.49. The maximum Gasteiger partial charge on any atom is 0.363 e. The van der Waals surface area contributed by atoms with E-state index in [4.69, 9.17) is 13.4 Å². The Balaban J connectivity index is 2.11. The molecular weight excluding hydrogens is 340 g/mol. The van der Waals surface area contributed by atoms with E-state index >= 15 is 0 Å². The smallest absolute Gasteiger partial charge is 0.363 e. The molecule has 98 valence electrons. The Morgan fingerprint density at radius 2 is 1.95 bits per heavy atom. The SMILES string of the molecule is O=S(=O)(O)c1nnc(-c2cc3cc(Br)ccc3o2)o1. The lowest BCUT2D eigenvalue weighted by atomic mass is 10.2. The second-order valence-corrected chi connectivity index (χ2v) is 5.86. The highest BCUT2D eigenvalue weighted by molar-refractivity contribution is 9.10. The van der Waals surface area contributed by atoms with Gasteiger partial charge in [0.05, 0.1) is 0 Å². The molecule has 3 rings (SSSR count). The minimum Gasteiger partial charge on any atom is -0.451 e. The van der Waals surface area contributed by atoms with Crippen LogP contribution in [0.5, 0.6) is 0 Å². The van der Waals surface area contributed by atoms with Gasteiger partial charge in [0, 0.05) is 9.86 Å². The van der Waals surface area contributed by atoms with Crippen molar-refractivity contribution in [2.75, 3.05) is 0 Å². The van der Waals surface area contributed by atoms with Crippen LogP contribution in [0.15, 0.2) is 42.8 Å². The molecule has 1 aromatic carbocycles. The summed E-state index contributed by atoms with van der Waals surface area (Å²) in [6.45, 7) is 0. The van der Waals surface area contributed by atoms with Crippen LogP contribution in [0.3, 0.4) is 0 Å². The number of furan rings is 1. The van der Waals surface area contributed by atoms with Crippen molar-refractivity contribution in [1.29, 1.82) is 0 Å². The van der Waals surface area contributed by atoms with Crippen molar-refractivity contribution >= 4 is 37.0 Å². The van der Waals surface area contributed by atoms with Gasteiger partial charge in [0.1, 0.15) is 5.58 Å². The number of rotatable bonds is 2. The Bertz CT molecular complexity index is 867. The van der Waals surface area contributed by atoms with Crippen LogP contribution in [0.25, 0.3) is 22.6 Å². The quantitative estimate of drug-likeness (QED) is 0.711. The monoisotopic (exact) mass is 344 g/mol. The Morgan fingerprint density at radius 3 is 2.63 bits per heavy atom. The van der Waals surface area contributed by atoms with Gasteiger partial charge in [-0.3, -0.25) is 4.55 Å². The molecule has 0 aliphatic carbocycles. The molecule has 2 heterocycles. The van der Waals surface area contributed by atoms with Crippen molar-refractivity contribution in [1.82, 2.24) is 10.2 Å². The van der Waals surface area contributed by atoms with E-state index in [1.807, 2.05) is 6.07 Å². The fourth-order valence-corrected chi connectivity index (χ4v) is 2.24. The number of hydrogen-bond donors (Lipinski definition) is 1. The molecule has 3 aromatic rings. The molecule has 0 aliphatic rings. The molecule has 1 N–H and O–H groups in total. The number of fused-ring (bicyclic) bond motifs is 1. The van der Waals surface area contributed by atoms with Crippen molar-refractivity contribution < 1.29 is 21.8 Å². The second kappa shape index (κ2) is 4.15. The number of nitrogens with zero attached hydrogens (tertiary/aromatic N) is 2. The Morgan fingerprint density at radius 1 is 1.16 bits per heavy atom. The zero-order valence-electron chi connectivity index (χ0n) is 9.07. The van der Waals surface area contributed by atoms with Gasteiger partial charge in [-0.25, -0.2) is 0 Å². The van der Waals surface area contributed by atoms with Gasteiger partial charge < -0.3 is 8.83 Å². The van der Waals surface area contributed by atoms with Gasteiger partial charge >= 0.3 is 15.3 Å². The van der Waals surface area contributed by atoms with Crippen LogP contribution in [-0.4, -0.2) is 23.2 Å². The molecule has 19 heavy (non-hydrogen) atoms. The van der Waals surface area contributed by atoms with E-state index in [0.717, 1.165) is 9.86 Å². The van der Waals surface area contributed by atoms with Crippen LogP contribution in [0, 0.1) is 0 Å². The van der Waals surface area contributed by atoms with E-state index < -0.39 is 15.3 Å². The maximum atomic E-state index is 10.8. The summed E-state index contributed by atoms with van der Waals surface area (Å²) in [6, 6.07) is 6.99. The molecular formula is C10H5BrN2O5S. The molecule has 0 spiro atoms. The van der Waals surface area contributed by atoms with Crippen LogP contribution in [0.2, 0.25) is 0 Å². The first-order valence-electron chi connectivity index (χ1n) is 4.94. The first kappa shape index (κ1) is 12.3. The van der Waals surface area contributed by atoms with Crippen molar-refractivity contribution in [2.24, 2.45) is 0 Å². The van der Waals surface area contributed by atoms with Crippen molar-refractivity contribution in [3.63, 3.8) is 0 Å². The highest BCUT2D eigenvalue weighted by atomic mass is 79.9. The Labute approximate surface area is 115 Å². The molecule has 0 saturated carbocycles. The minimum atomic E-state index is -4.52. The van der Waals surface area contributed by atoms with Gasteiger partial charge in [0.15, 0.2) is 5.76 Å². The Kier molecular flexibility index (Phi) is 2.69. The molecule has 0 bridgehead atoms. The molecule has 0 amide bonds. The zero-order valence-corrected chi connectivity index (χ0v) is 11.5. The Hall–Kier alpha value is -1.71. The zero-order chi connectivity index (χ0) is 13.6. The normalized spacial score (nSPS) is 12.1. The molecule has 0 atom stereocenters. The van der Waals surface area contributed by atoms with Crippen LogP contribution < -0.4 is 0 Å². The van der Waals surface area contributed by atoms with Gasteiger partial charge in [0.2, 0.25) is 0 Å². The highest BCUT2D eigenvalue weighted by Gasteiger charge is 2.21. The topological polar surface area (TPSA) is 106 Å². The molecule has 0 aliphatic heterocycles. The lowest BCUT2D eigenvalue weighted by molar-refractivity contribution is 0.392. The summed E-state index contributed by atoms with van der Waals surface area (Å²) in [5, 5.41) is 6.65. The van der Waals surface area contributed by atoms with Gasteiger partial charge in [-0.15, -0.1) is 5.10 Å². The predicted molar refractivity (Wildman–Crippen MR) is 67.0 cm³/mol.